The van der Waals surface area contributed by atoms with Crippen molar-refractivity contribution in [3.8, 4) is 5.69 Å². The minimum absolute atomic E-state index is 0.115. The fraction of sp³-hybridized carbons (Fsp3) is 0.448. The van der Waals surface area contributed by atoms with Crippen molar-refractivity contribution in [2.75, 3.05) is 26.2 Å². The van der Waals surface area contributed by atoms with Crippen molar-refractivity contribution < 1.29 is 9.59 Å². The Morgan fingerprint density at radius 2 is 1.66 bits per heavy atom. The Hall–Kier alpha value is -2.55. The Balaban J connectivity index is 1.30. The SMILES string of the molecule is Cc1cc(C)c(C(=O)CCCC(=O)N2CCN(C(C)(C)c3cn(-c4cc(Cl)ccc4Br)nn3)CC2)c(C)c1. The van der Waals surface area contributed by atoms with Crippen LogP contribution in [0.4, 0.5) is 0 Å². The lowest BCUT2D eigenvalue weighted by Gasteiger charge is -2.43. The third-order valence-corrected chi connectivity index (χ3v) is 8.35. The number of rotatable bonds is 8. The van der Waals surface area contributed by atoms with Gasteiger partial charge in [0.25, 0.3) is 0 Å². The highest BCUT2D eigenvalue weighted by Gasteiger charge is 2.35. The molecule has 0 aliphatic carbocycles. The molecule has 3 aromatic rings. The van der Waals surface area contributed by atoms with Crippen LogP contribution in [0.2, 0.25) is 5.02 Å². The molecule has 1 aliphatic heterocycles. The summed E-state index contributed by atoms with van der Waals surface area (Å²) >= 11 is 9.73. The van der Waals surface area contributed by atoms with E-state index in [4.69, 9.17) is 11.6 Å². The molecular formula is C29H35BrClN5O2. The molecule has 0 unspecified atom stereocenters. The Morgan fingerprint density at radius 1 is 1.00 bits per heavy atom. The number of benzene rings is 2. The summed E-state index contributed by atoms with van der Waals surface area (Å²) in [5.74, 6) is 0.238. The van der Waals surface area contributed by atoms with E-state index in [0.717, 1.165) is 51.2 Å². The number of hydrogen-bond acceptors (Lipinski definition) is 5. The number of hydrogen-bond donors (Lipinski definition) is 0. The fourth-order valence-corrected chi connectivity index (χ4v) is 5.90. The third-order valence-electron chi connectivity index (χ3n) is 7.45. The lowest BCUT2D eigenvalue weighted by Crippen LogP contribution is -2.54. The number of aromatic nitrogens is 3. The molecule has 38 heavy (non-hydrogen) atoms. The zero-order valence-electron chi connectivity index (χ0n) is 22.7. The van der Waals surface area contributed by atoms with Crippen LogP contribution in [0.15, 0.2) is 41.0 Å². The van der Waals surface area contributed by atoms with E-state index in [2.05, 4.69) is 45.0 Å². The first kappa shape index (κ1) is 28.5. The summed E-state index contributed by atoms with van der Waals surface area (Å²) in [6.07, 6.45) is 3.28. The first-order valence-corrected chi connectivity index (χ1v) is 14.2. The maximum Gasteiger partial charge on any atom is 0.222 e. The number of halogens is 2. The minimum Gasteiger partial charge on any atom is -0.340 e. The summed E-state index contributed by atoms with van der Waals surface area (Å²) in [4.78, 5) is 30.0. The number of amides is 1. The number of Topliss-reactive ketones (excluding diaryl/α,β-unsaturated/α-hetero) is 1. The van der Waals surface area contributed by atoms with E-state index in [1.54, 1.807) is 4.68 Å². The molecular weight excluding hydrogens is 566 g/mol. The van der Waals surface area contributed by atoms with E-state index >= 15 is 0 Å². The van der Waals surface area contributed by atoms with E-state index in [9.17, 15) is 9.59 Å². The van der Waals surface area contributed by atoms with Gasteiger partial charge in [-0.1, -0.05) is 34.5 Å². The molecule has 2 heterocycles. The van der Waals surface area contributed by atoms with Crippen LogP contribution in [0.25, 0.3) is 5.69 Å². The van der Waals surface area contributed by atoms with Crippen molar-refractivity contribution in [1.82, 2.24) is 24.8 Å². The van der Waals surface area contributed by atoms with Crippen LogP contribution in [-0.4, -0.2) is 62.7 Å². The van der Waals surface area contributed by atoms with Gasteiger partial charge >= 0.3 is 0 Å². The van der Waals surface area contributed by atoms with Gasteiger partial charge in [0.05, 0.1) is 17.4 Å². The standard InChI is InChI=1S/C29H35BrClN5O2/c1-19-15-20(2)28(21(3)16-19)25(37)7-6-8-27(38)34-11-13-35(14-12-34)29(4,5)26-18-36(33-32-26)24-17-22(31)9-10-23(24)30/h9-10,15-18H,6-8,11-14H2,1-5H3. The van der Waals surface area contributed by atoms with E-state index in [0.29, 0.717) is 37.4 Å². The molecule has 1 aromatic heterocycles. The van der Waals surface area contributed by atoms with Gasteiger partial charge in [0.2, 0.25) is 5.91 Å². The molecule has 1 fully saturated rings. The lowest BCUT2D eigenvalue weighted by atomic mass is 9.94. The summed E-state index contributed by atoms with van der Waals surface area (Å²) in [5.41, 5.74) is 5.31. The summed E-state index contributed by atoms with van der Waals surface area (Å²) in [6.45, 7) is 13.1. The third kappa shape index (κ3) is 6.19. The number of carbonyl (C=O) groups is 2. The predicted octanol–water partition coefficient (Wildman–Crippen LogP) is 6.04. The fourth-order valence-electron chi connectivity index (χ4n) is 5.30. The van der Waals surface area contributed by atoms with Crippen molar-refractivity contribution in [3.63, 3.8) is 0 Å². The van der Waals surface area contributed by atoms with Crippen LogP contribution in [0.5, 0.6) is 0 Å². The van der Waals surface area contributed by atoms with Crippen molar-refractivity contribution in [1.29, 1.82) is 0 Å². The maximum absolute atomic E-state index is 12.9. The van der Waals surface area contributed by atoms with Crippen molar-refractivity contribution in [2.45, 2.75) is 59.4 Å². The zero-order chi connectivity index (χ0) is 27.6. The lowest BCUT2D eigenvalue weighted by molar-refractivity contribution is -0.134. The van der Waals surface area contributed by atoms with Crippen LogP contribution in [0.1, 0.15) is 65.9 Å². The molecule has 1 aliphatic rings. The van der Waals surface area contributed by atoms with Crippen LogP contribution >= 0.6 is 27.5 Å². The topological polar surface area (TPSA) is 71.3 Å². The molecule has 9 heteroatoms. The van der Waals surface area contributed by atoms with Gasteiger partial charge < -0.3 is 4.90 Å². The van der Waals surface area contributed by atoms with Crippen LogP contribution in [0, 0.1) is 20.8 Å². The molecule has 4 rings (SSSR count). The van der Waals surface area contributed by atoms with E-state index in [1.165, 1.54) is 0 Å². The molecule has 0 radical (unpaired) electrons. The van der Waals surface area contributed by atoms with E-state index in [-0.39, 0.29) is 17.2 Å². The van der Waals surface area contributed by atoms with Gasteiger partial charge in [0.15, 0.2) is 5.78 Å². The number of ketones is 1. The normalized spacial score (nSPS) is 14.7. The summed E-state index contributed by atoms with van der Waals surface area (Å²) < 4.78 is 2.61. The van der Waals surface area contributed by atoms with E-state index < -0.39 is 0 Å². The second-order valence-corrected chi connectivity index (χ2v) is 11.9. The molecule has 202 valence electrons. The highest BCUT2D eigenvalue weighted by atomic mass is 79.9. The molecule has 1 saturated heterocycles. The average Bonchev–Trinajstić information content (AvgIpc) is 3.36. The first-order chi connectivity index (χ1) is 18.0. The predicted molar refractivity (Wildman–Crippen MR) is 154 cm³/mol. The van der Waals surface area contributed by atoms with Crippen LogP contribution < -0.4 is 0 Å². The van der Waals surface area contributed by atoms with Gasteiger partial charge in [0, 0.05) is 54.1 Å². The molecule has 0 bridgehead atoms. The Kier molecular flexibility index (Phi) is 8.75. The van der Waals surface area contributed by atoms with Gasteiger partial charge in [0.1, 0.15) is 5.69 Å². The van der Waals surface area contributed by atoms with Gasteiger partial charge in [-0.05, 0) is 86.3 Å². The second-order valence-electron chi connectivity index (χ2n) is 10.6. The summed E-state index contributed by atoms with van der Waals surface area (Å²) in [7, 11) is 0. The molecule has 0 atom stereocenters. The Bertz CT molecular complexity index is 1320. The van der Waals surface area contributed by atoms with Gasteiger partial charge in [-0.3, -0.25) is 14.5 Å². The Labute approximate surface area is 238 Å². The number of carbonyl (C=O) groups excluding carboxylic acids is 2. The largest absolute Gasteiger partial charge is 0.340 e. The molecule has 2 aromatic carbocycles. The van der Waals surface area contributed by atoms with Crippen LogP contribution in [-0.2, 0) is 10.3 Å². The van der Waals surface area contributed by atoms with E-state index in [1.807, 2.05) is 62.2 Å². The first-order valence-electron chi connectivity index (χ1n) is 13.0. The summed E-state index contributed by atoms with van der Waals surface area (Å²) in [5, 5.41) is 9.42. The van der Waals surface area contributed by atoms with Crippen molar-refractivity contribution in [3.05, 3.63) is 74.0 Å². The highest BCUT2D eigenvalue weighted by molar-refractivity contribution is 9.10. The van der Waals surface area contributed by atoms with Crippen molar-refractivity contribution >= 4 is 39.2 Å². The molecule has 1 amide bonds. The molecule has 0 spiro atoms. The van der Waals surface area contributed by atoms with Crippen LogP contribution in [0.3, 0.4) is 0 Å². The van der Waals surface area contributed by atoms with Gasteiger partial charge in [-0.2, -0.15) is 0 Å². The number of nitrogens with zero attached hydrogens (tertiary/aromatic N) is 5. The van der Waals surface area contributed by atoms with Gasteiger partial charge in [-0.15, -0.1) is 5.10 Å². The monoisotopic (exact) mass is 599 g/mol. The van der Waals surface area contributed by atoms with Crippen molar-refractivity contribution in [2.24, 2.45) is 0 Å². The highest BCUT2D eigenvalue weighted by Crippen LogP contribution is 2.30. The molecule has 0 saturated carbocycles. The smallest absolute Gasteiger partial charge is 0.222 e. The second kappa shape index (κ2) is 11.7. The minimum atomic E-state index is -0.353. The zero-order valence-corrected chi connectivity index (χ0v) is 25.1. The summed E-state index contributed by atoms with van der Waals surface area (Å²) in [6, 6.07) is 9.65. The number of aryl methyl sites for hydroxylation is 3. The maximum atomic E-state index is 12.9. The Morgan fingerprint density at radius 3 is 2.32 bits per heavy atom. The van der Waals surface area contributed by atoms with Gasteiger partial charge in [-0.25, -0.2) is 4.68 Å². The molecule has 7 nitrogen and oxygen atoms in total. The quantitative estimate of drug-likeness (QED) is 0.295. The number of piperazine rings is 1. The molecule has 0 N–H and O–H groups in total. The average molecular weight is 601 g/mol.